The quantitative estimate of drug-likeness (QED) is 0.644. The molecule has 1 aromatic carbocycles. The molecule has 1 aliphatic heterocycles. The van der Waals surface area contributed by atoms with Gasteiger partial charge in [-0.2, -0.15) is 0 Å². The number of anilines is 1. The van der Waals surface area contributed by atoms with E-state index in [0.29, 0.717) is 36.8 Å². The Kier molecular flexibility index (Phi) is 7.04. The second kappa shape index (κ2) is 9.25. The number of nitrogens with one attached hydrogen (secondary N) is 2. The molecule has 8 heteroatoms. The van der Waals surface area contributed by atoms with E-state index >= 15 is 0 Å². The topological polar surface area (TPSA) is 97.0 Å². The molecule has 2 rings (SSSR count). The van der Waals surface area contributed by atoms with Crippen molar-refractivity contribution in [1.82, 2.24) is 10.2 Å². The summed E-state index contributed by atoms with van der Waals surface area (Å²) in [6.45, 7) is 8.19. The van der Waals surface area contributed by atoms with Gasteiger partial charge in [0.15, 0.2) is 0 Å². The number of urea groups is 1. The Bertz CT molecular complexity index is 705. The molecule has 148 valence electrons. The SMILES string of the molecule is CCOc1ccc(OCC)c(NC(=O)CN2C(=O)N[C@H](CC(C)C)C2=O)c1. The van der Waals surface area contributed by atoms with Crippen LogP contribution in [0.2, 0.25) is 0 Å². The Hall–Kier alpha value is -2.77. The van der Waals surface area contributed by atoms with Gasteiger partial charge in [0, 0.05) is 6.07 Å². The number of ether oxygens (including phenoxy) is 2. The van der Waals surface area contributed by atoms with Crippen molar-refractivity contribution >= 4 is 23.5 Å². The molecule has 4 amide bonds. The van der Waals surface area contributed by atoms with Gasteiger partial charge in [-0.3, -0.25) is 14.5 Å². The molecule has 0 unspecified atom stereocenters. The van der Waals surface area contributed by atoms with Gasteiger partial charge in [-0.05, 0) is 38.3 Å². The van der Waals surface area contributed by atoms with Gasteiger partial charge >= 0.3 is 6.03 Å². The summed E-state index contributed by atoms with van der Waals surface area (Å²) in [4.78, 5) is 37.8. The summed E-state index contributed by atoms with van der Waals surface area (Å²) >= 11 is 0. The fourth-order valence-electron chi connectivity index (χ4n) is 2.84. The second-order valence-electron chi connectivity index (χ2n) is 6.63. The Morgan fingerprint density at radius 1 is 1.22 bits per heavy atom. The highest BCUT2D eigenvalue weighted by Crippen LogP contribution is 2.29. The first-order valence-corrected chi connectivity index (χ1v) is 9.17. The van der Waals surface area contributed by atoms with Crippen LogP contribution < -0.4 is 20.1 Å². The van der Waals surface area contributed by atoms with Crippen LogP contribution in [-0.4, -0.2) is 48.5 Å². The van der Waals surface area contributed by atoms with Gasteiger partial charge in [0.2, 0.25) is 5.91 Å². The molecule has 8 nitrogen and oxygen atoms in total. The van der Waals surface area contributed by atoms with E-state index in [1.165, 1.54) is 0 Å². The first kappa shape index (κ1) is 20.5. The molecular formula is C19H27N3O5. The van der Waals surface area contributed by atoms with Crippen molar-refractivity contribution in [3.05, 3.63) is 18.2 Å². The zero-order chi connectivity index (χ0) is 20.0. The molecular weight excluding hydrogens is 350 g/mol. The number of amides is 4. The Morgan fingerprint density at radius 3 is 2.56 bits per heavy atom. The van der Waals surface area contributed by atoms with Gasteiger partial charge in [-0.15, -0.1) is 0 Å². The summed E-state index contributed by atoms with van der Waals surface area (Å²) in [5.74, 6) is 0.464. The van der Waals surface area contributed by atoms with E-state index in [1.54, 1.807) is 18.2 Å². The molecule has 1 aromatic rings. The van der Waals surface area contributed by atoms with Gasteiger partial charge in [0.25, 0.3) is 5.91 Å². The lowest BCUT2D eigenvalue weighted by Crippen LogP contribution is -2.38. The molecule has 0 aliphatic carbocycles. The molecule has 0 bridgehead atoms. The predicted octanol–water partition coefficient (Wildman–Crippen LogP) is 2.39. The normalized spacial score (nSPS) is 16.5. The maximum Gasteiger partial charge on any atom is 0.325 e. The molecule has 0 radical (unpaired) electrons. The molecule has 27 heavy (non-hydrogen) atoms. The lowest BCUT2D eigenvalue weighted by Gasteiger charge is -2.16. The van der Waals surface area contributed by atoms with E-state index in [0.717, 1.165) is 4.90 Å². The highest BCUT2D eigenvalue weighted by atomic mass is 16.5. The largest absolute Gasteiger partial charge is 0.494 e. The van der Waals surface area contributed by atoms with Crippen LogP contribution in [0.1, 0.15) is 34.1 Å². The van der Waals surface area contributed by atoms with Gasteiger partial charge in [0.1, 0.15) is 24.1 Å². The summed E-state index contributed by atoms with van der Waals surface area (Å²) in [6, 6.07) is 3.98. The minimum absolute atomic E-state index is 0.253. The molecule has 0 aromatic heterocycles. The third-order valence-electron chi connectivity index (χ3n) is 3.95. The van der Waals surface area contributed by atoms with Crippen molar-refractivity contribution in [2.75, 3.05) is 25.1 Å². The fourth-order valence-corrected chi connectivity index (χ4v) is 2.84. The highest BCUT2D eigenvalue weighted by Gasteiger charge is 2.39. The van der Waals surface area contributed by atoms with Crippen molar-refractivity contribution < 1.29 is 23.9 Å². The molecule has 1 saturated heterocycles. The smallest absolute Gasteiger partial charge is 0.325 e. The van der Waals surface area contributed by atoms with E-state index in [-0.39, 0.29) is 18.4 Å². The maximum absolute atomic E-state index is 12.4. The number of carbonyl (C=O) groups excluding carboxylic acids is 3. The number of rotatable bonds is 9. The van der Waals surface area contributed by atoms with E-state index in [4.69, 9.17) is 9.47 Å². The van der Waals surface area contributed by atoms with Crippen LogP contribution in [0.15, 0.2) is 18.2 Å². The number of nitrogens with zero attached hydrogens (tertiary/aromatic N) is 1. The Labute approximate surface area is 159 Å². The zero-order valence-electron chi connectivity index (χ0n) is 16.2. The standard InChI is InChI=1S/C19H27N3O5/c1-5-26-13-7-8-16(27-6-2)14(10-13)20-17(23)11-22-18(24)15(9-12(3)4)21-19(22)25/h7-8,10,12,15H,5-6,9,11H2,1-4H3,(H,20,23)(H,21,25)/t15-/m1/s1. The van der Waals surface area contributed by atoms with Gasteiger partial charge in [0.05, 0.1) is 18.9 Å². The van der Waals surface area contributed by atoms with E-state index < -0.39 is 18.0 Å². The fraction of sp³-hybridized carbons (Fsp3) is 0.526. The molecule has 1 atom stereocenters. The van der Waals surface area contributed by atoms with Crippen LogP contribution in [0, 0.1) is 5.92 Å². The van der Waals surface area contributed by atoms with Crippen molar-refractivity contribution in [3.8, 4) is 11.5 Å². The zero-order valence-corrected chi connectivity index (χ0v) is 16.2. The van der Waals surface area contributed by atoms with Crippen molar-refractivity contribution in [1.29, 1.82) is 0 Å². The summed E-state index contributed by atoms with van der Waals surface area (Å²) in [7, 11) is 0. The minimum Gasteiger partial charge on any atom is -0.494 e. The molecule has 1 fully saturated rings. The summed E-state index contributed by atoms with van der Waals surface area (Å²) in [5, 5.41) is 5.32. The third-order valence-corrected chi connectivity index (χ3v) is 3.95. The Balaban J connectivity index is 2.07. The number of imide groups is 1. The van der Waals surface area contributed by atoms with Crippen molar-refractivity contribution in [2.45, 2.75) is 40.2 Å². The lowest BCUT2D eigenvalue weighted by molar-refractivity contribution is -0.131. The van der Waals surface area contributed by atoms with Crippen molar-refractivity contribution in [2.24, 2.45) is 5.92 Å². The summed E-state index contributed by atoms with van der Waals surface area (Å²) < 4.78 is 11.0. The van der Waals surface area contributed by atoms with E-state index in [1.807, 2.05) is 27.7 Å². The van der Waals surface area contributed by atoms with E-state index in [2.05, 4.69) is 10.6 Å². The number of carbonyl (C=O) groups is 3. The van der Waals surface area contributed by atoms with Crippen LogP contribution in [0.3, 0.4) is 0 Å². The van der Waals surface area contributed by atoms with E-state index in [9.17, 15) is 14.4 Å². The van der Waals surface area contributed by atoms with Crippen LogP contribution in [0.25, 0.3) is 0 Å². The molecule has 1 aliphatic rings. The van der Waals surface area contributed by atoms with Gasteiger partial charge in [-0.25, -0.2) is 4.79 Å². The van der Waals surface area contributed by atoms with Crippen LogP contribution in [0.5, 0.6) is 11.5 Å². The maximum atomic E-state index is 12.4. The average Bonchev–Trinajstić information content (AvgIpc) is 2.84. The first-order valence-electron chi connectivity index (χ1n) is 9.17. The average molecular weight is 377 g/mol. The van der Waals surface area contributed by atoms with Crippen molar-refractivity contribution in [3.63, 3.8) is 0 Å². The monoisotopic (exact) mass is 377 g/mol. The van der Waals surface area contributed by atoms with Crippen LogP contribution in [-0.2, 0) is 9.59 Å². The molecule has 2 N–H and O–H groups in total. The number of hydrogen-bond donors (Lipinski definition) is 2. The first-order chi connectivity index (χ1) is 12.8. The highest BCUT2D eigenvalue weighted by molar-refractivity contribution is 6.08. The second-order valence-corrected chi connectivity index (χ2v) is 6.63. The molecule has 0 spiro atoms. The Morgan fingerprint density at radius 2 is 1.93 bits per heavy atom. The van der Waals surface area contributed by atoms with Gasteiger partial charge < -0.3 is 20.1 Å². The van der Waals surface area contributed by atoms with Crippen LogP contribution >= 0.6 is 0 Å². The lowest BCUT2D eigenvalue weighted by atomic mass is 10.0. The predicted molar refractivity (Wildman–Crippen MR) is 101 cm³/mol. The summed E-state index contributed by atoms with van der Waals surface area (Å²) in [6.07, 6.45) is 0.535. The summed E-state index contributed by atoms with van der Waals surface area (Å²) in [5.41, 5.74) is 0.429. The molecule has 0 saturated carbocycles. The van der Waals surface area contributed by atoms with Crippen LogP contribution in [0.4, 0.5) is 10.5 Å². The third kappa shape index (κ3) is 5.35. The minimum atomic E-state index is -0.578. The molecule has 1 heterocycles. The van der Waals surface area contributed by atoms with Gasteiger partial charge in [-0.1, -0.05) is 13.8 Å². The number of benzene rings is 1. The number of hydrogen-bond acceptors (Lipinski definition) is 5.